The first kappa shape index (κ1) is 21.4. The molecule has 6 aromatic carbocycles. The van der Waals surface area contributed by atoms with Gasteiger partial charge in [-0.3, -0.25) is 0 Å². The van der Waals surface area contributed by atoms with Gasteiger partial charge in [0.25, 0.3) is 0 Å². The van der Waals surface area contributed by atoms with Crippen LogP contribution in [0.25, 0.3) is 43.1 Å². The molecule has 0 aliphatic rings. The Labute approximate surface area is 211 Å². The maximum atomic E-state index is 9.44. The molecule has 0 aliphatic heterocycles. The highest BCUT2D eigenvalue weighted by Gasteiger charge is 2.02. The van der Waals surface area contributed by atoms with Gasteiger partial charge in [0.2, 0.25) is 0 Å². The van der Waals surface area contributed by atoms with Crippen molar-refractivity contribution in [1.82, 2.24) is 0 Å². The molecule has 0 fully saturated rings. The van der Waals surface area contributed by atoms with E-state index in [0.717, 1.165) is 18.8 Å². The lowest BCUT2D eigenvalue weighted by atomic mass is 10.0. The summed E-state index contributed by atoms with van der Waals surface area (Å²) in [5.74, 6) is 0.309. The number of phenols is 1. The molecule has 6 rings (SSSR count). The second-order valence-electron chi connectivity index (χ2n) is 7.63. The molecule has 0 aromatic heterocycles. The van der Waals surface area contributed by atoms with Gasteiger partial charge in [-0.1, -0.05) is 96.3 Å². The third-order valence-electron chi connectivity index (χ3n) is 5.54. The van der Waals surface area contributed by atoms with Gasteiger partial charge >= 0.3 is 0 Å². The van der Waals surface area contributed by atoms with Crippen LogP contribution in [-0.2, 0) is 0 Å². The lowest BCUT2D eigenvalue weighted by molar-refractivity contribution is 0.476. The van der Waals surface area contributed by atoms with Gasteiger partial charge in [-0.25, -0.2) is 0 Å². The van der Waals surface area contributed by atoms with E-state index in [4.69, 9.17) is 0 Å². The monoisotopic (exact) mass is 606 g/mol. The molecule has 0 saturated carbocycles. The third-order valence-corrected chi connectivity index (χ3v) is 7.02. The number of benzene rings is 6. The first-order valence-corrected chi connectivity index (χ1v) is 12.4. The quantitative estimate of drug-likeness (QED) is 0.170. The number of phenolic OH excluding ortho intramolecular Hbond substituents is 1. The van der Waals surface area contributed by atoms with Crippen molar-refractivity contribution >= 4 is 90.9 Å². The summed E-state index contributed by atoms with van der Waals surface area (Å²) in [5, 5.41) is 19.2. The third kappa shape index (κ3) is 4.27. The molecule has 0 aliphatic carbocycles. The number of halogens is 3. The second-order valence-corrected chi connectivity index (χ2v) is 10.4. The van der Waals surface area contributed by atoms with Gasteiger partial charge in [0.15, 0.2) is 0 Å². The summed E-state index contributed by atoms with van der Waals surface area (Å²) in [7, 11) is 0. The zero-order chi connectivity index (χ0) is 22.2. The van der Waals surface area contributed by atoms with Crippen LogP contribution in [0, 0.1) is 0 Å². The maximum Gasteiger partial charge on any atom is 0.116 e. The molecule has 0 atom stereocenters. The fourth-order valence-corrected chi connectivity index (χ4v) is 5.18. The SMILES string of the molecule is Brc1ccc2c(ccc3cc(Br)ccc32)c1.Oc1ccc2c(ccc3cc(Br)ccc32)c1. The number of fused-ring (bicyclic) bond motifs is 6. The average Bonchev–Trinajstić information content (AvgIpc) is 2.78. The van der Waals surface area contributed by atoms with Crippen LogP contribution in [0.1, 0.15) is 0 Å². The van der Waals surface area contributed by atoms with Crippen molar-refractivity contribution in [2.45, 2.75) is 0 Å². The molecule has 156 valence electrons. The van der Waals surface area contributed by atoms with E-state index in [2.05, 4.69) is 115 Å². The number of hydrogen-bond donors (Lipinski definition) is 1. The Balaban J connectivity index is 0.000000135. The molecular weight excluding hydrogens is 592 g/mol. The van der Waals surface area contributed by atoms with Gasteiger partial charge in [0.1, 0.15) is 5.75 Å². The van der Waals surface area contributed by atoms with Gasteiger partial charge in [-0.05, 0) is 91.6 Å². The molecule has 6 aromatic rings. The predicted octanol–water partition coefficient (Wildman–Crippen LogP) is 9.98. The van der Waals surface area contributed by atoms with E-state index in [1.165, 1.54) is 37.7 Å². The largest absolute Gasteiger partial charge is 0.508 e. The molecule has 4 heteroatoms. The molecule has 0 amide bonds. The fourth-order valence-electron chi connectivity index (χ4n) is 4.04. The Morgan fingerprint density at radius 1 is 0.375 bits per heavy atom. The van der Waals surface area contributed by atoms with Crippen LogP contribution in [0.4, 0.5) is 0 Å². The molecule has 0 bridgehead atoms. The molecule has 1 N–H and O–H groups in total. The van der Waals surface area contributed by atoms with E-state index in [-0.39, 0.29) is 0 Å². The Hall–Kier alpha value is -2.40. The minimum Gasteiger partial charge on any atom is -0.508 e. The van der Waals surface area contributed by atoms with E-state index in [1.54, 1.807) is 12.1 Å². The van der Waals surface area contributed by atoms with Crippen LogP contribution < -0.4 is 0 Å². The van der Waals surface area contributed by atoms with Gasteiger partial charge in [0.05, 0.1) is 0 Å². The molecule has 0 spiro atoms. The highest BCUT2D eigenvalue weighted by atomic mass is 79.9. The highest BCUT2D eigenvalue weighted by molar-refractivity contribution is 9.11. The molecular formula is C28H17Br3O. The van der Waals surface area contributed by atoms with E-state index in [0.29, 0.717) is 5.75 Å². The smallest absolute Gasteiger partial charge is 0.116 e. The predicted molar refractivity (Wildman–Crippen MR) is 148 cm³/mol. The Kier molecular flexibility index (Phi) is 5.93. The molecule has 0 radical (unpaired) electrons. The number of hydrogen-bond acceptors (Lipinski definition) is 1. The standard InChI is InChI=1S/C14H8Br2.C14H9BrO/c2*15-11-3-5-13-9(7-11)1-2-10-8-12(16)4-6-14(10)13/h1-8H;1-8,16H. The molecule has 1 nitrogen and oxygen atoms in total. The van der Waals surface area contributed by atoms with Crippen molar-refractivity contribution in [2.75, 3.05) is 0 Å². The summed E-state index contributed by atoms with van der Waals surface area (Å²) in [6, 6.07) is 32.9. The van der Waals surface area contributed by atoms with Gasteiger partial charge < -0.3 is 5.11 Å². The first-order valence-electron chi connectivity index (χ1n) is 10.1. The fraction of sp³-hybridized carbons (Fsp3) is 0. The number of aromatic hydroxyl groups is 1. The summed E-state index contributed by atoms with van der Waals surface area (Å²) in [6.45, 7) is 0. The lowest BCUT2D eigenvalue weighted by Gasteiger charge is -2.04. The zero-order valence-electron chi connectivity index (χ0n) is 16.8. The van der Waals surface area contributed by atoms with E-state index in [9.17, 15) is 5.11 Å². The maximum absolute atomic E-state index is 9.44. The molecule has 32 heavy (non-hydrogen) atoms. The van der Waals surface area contributed by atoms with Crippen LogP contribution in [-0.4, -0.2) is 5.11 Å². The second kappa shape index (κ2) is 8.86. The Morgan fingerprint density at radius 2 is 0.688 bits per heavy atom. The Bertz CT molecular complexity index is 1380. The summed E-state index contributed by atoms with van der Waals surface area (Å²) >= 11 is 10.5. The van der Waals surface area contributed by atoms with Crippen molar-refractivity contribution in [1.29, 1.82) is 0 Å². The van der Waals surface area contributed by atoms with Gasteiger partial charge in [0, 0.05) is 13.4 Å². The molecule has 0 saturated heterocycles. The zero-order valence-corrected chi connectivity index (χ0v) is 21.6. The van der Waals surface area contributed by atoms with Crippen molar-refractivity contribution in [3.8, 4) is 5.75 Å². The summed E-state index contributed by atoms with van der Waals surface area (Å²) in [5.41, 5.74) is 0. The lowest BCUT2D eigenvalue weighted by Crippen LogP contribution is -1.78. The van der Waals surface area contributed by atoms with Crippen LogP contribution in [0.2, 0.25) is 0 Å². The van der Waals surface area contributed by atoms with Crippen molar-refractivity contribution in [3.05, 3.63) is 110 Å². The van der Waals surface area contributed by atoms with Crippen LogP contribution in [0.15, 0.2) is 110 Å². The normalized spacial score (nSPS) is 11.1. The van der Waals surface area contributed by atoms with Crippen LogP contribution in [0.5, 0.6) is 5.75 Å². The molecule has 0 heterocycles. The van der Waals surface area contributed by atoms with E-state index < -0.39 is 0 Å². The van der Waals surface area contributed by atoms with E-state index in [1.807, 2.05) is 18.2 Å². The summed E-state index contributed by atoms with van der Waals surface area (Å²) < 4.78 is 3.33. The minimum absolute atomic E-state index is 0.309. The number of rotatable bonds is 0. The van der Waals surface area contributed by atoms with Gasteiger partial charge in [-0.2, -0.15) is 0 Å². The average molecular weight is 609 g/mol. The van der Waals surface area contributed by atoms with Crippen molar-refractivity contribution in [2.24, 2.45) is 0 Å². The first-order chi connectivity index (χ1) is 15.5. The topological polar surface area (TPSA) is 20.2 Å². The van der Waals surface area contributed by atoms with Crippen molar-refractivity contribution < 1.29 is 5.11 Å². The van der Waals surface area contributed by atoms with Crippen LogP contribution >= 0.6 is 47.8 Å². The minimum atomic E-state index is 0.309. The Morgan fingerprint density at radius 3 is 1.06 bits per heavy atom. The van der Waals surface area contributed by atoms with Crippen LogP contribution in [0.3, 0.4) is 0 Å². The van der Waals surface area contributed by atoms with E-state index >= 15 is 0 Å². The van der Waals surface area contributed by atoms with Gasteiger partial charge in [-0.15, -0.1) is 0 Å². The molecule has 0 unspecified atom stereocenters. The highest BCUT2D eigenvalue weighted by Crippen LogP contribution is 2.30. The summed E-state index contributed by atoms with van der Waals surface area (Å²) in [6.07, 6.45) is 0. The summed E-state index contributed by atoms with van der Waals surface area (Å²) in [4.78, 5) is 0. The van der Waals surface area contributed by atoms with Crippen molar-refractivity contribution in [3.63, 3.8) is 0 Å².